The van der Waals surface area contributed by atoms with Gasteiger partial charge >= 0.3 is 0 Å². The molecule has 1 nitrogen and oxygen atoms in total. The van der Waals surface area contributed by atoms with Gasteiger partial charge in [-0.2, -0.15) is 0 Å². The molecule has 3 unspecified atom stereocenters. The van der Waals surface area contributed by atoms with Gasteiger partial charge in [0.15, 0.2) is 0 Å². The standard InChI is InChI=1S/C18H37N/c1-4-5-6-7-8-9-10-11-12-17-15-16(2)13-14-18(17)19-3/h16-19H,4-15H2,1-3H3. The number of rotatable bonds is 10. The van der Waals surface area contributed by atoms with Crippen LogP contribution < -0.4 is 5.32 Å². The van der Waals surface area contributed by atoms with Gasteiger partial charge < -0.3 is 5.32 Å². The summed E-state index contributed by atoms with van der Waals surface area (Å²) in [5.41, 5.74) is 0. The van der Waals surface area contributed by atoms with Gasteiger partial charge in [-0.3, -0.25) is 0 Å². The summed E-state index contributed by atoms with van der Waals surface area (Å²) in [6.45, 7) is 4.73. The van der Waals surface area contributed by atoms with Gasteiger partial charge in [-0.15, -0.1) is 0 Å². The predicted octanol–water partition coefficient (Wildman–Crippen LogP) is 5.54. The summed E-state index contributed by atoms with van der Waals surface area (Å²) in [5, 5.41) is 3.55. The maximum Gasteiger partial charge on any atom is 0.00925 e. The second kappa shape index (κ2) is 10.7. The lowest BCUT2D eigenvalue weighted by molar-refractivity contribution is 0.206. The van der Waals surface area contributed by atoms with Crippen molar-refractivity contribution in [3.8, 4) is 0 Å². The summed E-state index contributed by atoms with van der Waals surface area (Å²) in [7, 11) is 2.15. The van der Waals surface area contributed by atoms with Gasteiger partial charge in [0.05, 0.1) is 0 Å². The topological polar surface area (TPSA) is 12.0 Å². The summed E-state index contributed by atoms with van der Waals surface area (Å²) in [6.07, 6.45) is 17.3. The number of unbranched alkanes of at least 4 members (excludes halogenated alkanes) is 7. The maximum absolute atomic E-state index is 3.55. The third-order valence-corrected chi connectivity index (χ3v) is 5.04. The van der Waals surface area contributed by atoms with Crippen LogP contribution in [0.25, 0.3) is 0 Å². The monoisotopic (exact) mass is 267 g/mol. The van der Waals surface area contributed by atoms with Gasteiger partial charge in [0.25, 0.3) is 0 Å². The van der Waals surface area contributed by atoms with Gasteiger partial charge in [-0.25, -0.2) is 0 Å². The Hall–Kier alpha value is -0.0400. The molecular weight excluding hydrogens is 230 g/mol. The SMILES string of the molecule is CCCCCCCCCCC1CC(C)CCC1NC. The van der Waals surface area contributed by atoms with E-state index < -0.39 is 0 Å². The molecule has 0 amide bonds. The van der Waals surface area contributed by atoms with E-state index in [1.807, 2.05) is 0 Å². The highest BCUT2D eigenvalue weighted by atomic mass is 14.9. The Morgan fingerprint density at radius 3 is 2.16 bits per heavy atom. The van der Waals surface area contributed by atoms with Crippen LogP contribution in [0.3, 0.4) is 0 Å². The van der Waals surface area contributed by atoms with E-state index in [-0.39, 0.29) is 0 Å². The second-order valence-corrected chi connectivity index (χ2v) is 6.84. The Labute approximate surface area is 121 Å². The predicted molar refractivity (Wildman–Crippen MR) is 86.6 cm³/mol. The van der Waals surface area contributed by atoms with Crippen molar-refractivity contribution in [2.75, 3.05) is 7.05 Å². The summed E-state index contributed by atoms with van der Waals surface area (Å²) in [5.74, 6) is 1.91. The maximum atomic E-state index is 3.55. The van der Waals surface area contributed by atoms with Crippen LogP contribution in [0.1, 0.15) is 90.9 Å². The van der Waals surface area contributed by atoms with Crippen LogP contribution in [0.4, 0.5) is 0 Å². The first-order valence-electron chi connectivity index (χ1n) is 8.95. The molecule has 0 saturated heterocycles. The minimum Gasteiger partial charge on any atom is -0.317 e. The first kappa shape index (κ1) is 17.0. The Morgan fingerprint density at radius 1 is 0.895 bits per heavy atom. The molecule has 19 heavy (non-hydrogen) atoms. The Morgan fingerprint density at radius 2 is 1.53 bits per heavy atom. The Kier molecular flexibility index (Phi) is 9.59. The fourth-order valence-corrected chi connectivity index (χ4v) is 3.74. The molecular formula is C18H37N. The molecule has 1 aliphatic carbocycles. The van der Waals surface area contributed by atoms with Gasteiger partial charge in [0.2, 0.25) is 0 Å². The smallest absolute Gasteiger partial charge is 0.00925 e. The van der Waals surface area contributed by atoms with E-state index in [0.717, 1.165) is 17.9 Å². The molecule has 1 aliphatic rings. The molecule has 0 bridgehead atoms. The molecule has 114 valence electrons. The Bertz CT molecular complexity index is 202. The number of nitrogens with one attached hydrogen (secondary N) is 1. The molecule has 1 heteroatoms. The van der Waals surface area contributed by atoms with E-state index in [0.29, 0.717) is 0 Å². The summed E-state index contributed by atoms with van der Waals surface area (Å²) < 4.78 is 0. The minimum atomic E-state index is 0.806. The molecule has 0 radical (unpaired) electrons. The van der Waals surface area contributed by atoms with E-state index in [2.05, 4.69) is 26.2 Å². The fraction of sp³-hybridized carbons (Fsp3) is 1.00. The van der Waals surface area contributed by atoms with Crippen LogP contribution in [0.15, 0.2) is 0 Å². The largest absolute Gasteiger partial charge is 0.317 e. The van der Waals surface area contributed by atoms with Crippen molar-refractivity contribution in [1.82, 2.24) is 5.32 Å². The zero-order chi connectivity index (χ0) is 13.9. The molecule has 0 aromatic rings. The average Bonchev–Trinajstić information content (AvgIpc) is 2.42. The third kappa shape index (κ3) is 7.34. The molecule has 3 atom stereocenters. The molecule has 1 saturated carbocycles. The minimum absolute atomic E-state index is 0.806. The van der Waals surface area contributed by atoms with Gasteiger partial charge in [0.1, 0.15) is 0 Å². The lowest BCUT2D eigenvalue weighted by Gasteiger charge is -2.35. The van der Waals surface area contributed by atoms with Crippen LogP contribution in [0, 0.1) is 11.8 Å². The number of hydrogen-bond donors (Lipinski definition) is 1. The van der Waals surface area contributed by atoms with E-state index in [9.17, 15) is 0 Å². The average molecular weight is 268 g/mol. The molecule has 1 rings (SSSR count). The van der Waals surface area contributed by atoms with Crippen LogP contribution >= 0.6 is 0 Å². The van der Waals surface area contributed by atoms with Crippen LogP contribution in [-0.4, -0.2) is 13.1 Å². The van der Waals surface area contributed by atoms with Crippen molar-refractivity contribution in [3.63, 3.8) is 0 Å². The highest BCUT2D eigenvalue weighted by Gasteiger charge is 2.26. The first-order valence-corrected chi connectivity index (χ1v) is 8.95. The summed E-state index contributed by atoms with van der Waals surface area (Å²) in [6, 6.07) is 0.806. The molecule has 0 spiro atoms. The summed E-state index contributed by atoms with van der Waals surface area (Å²) in [4.78, 5) is 0. The fourth-order valence-electron chi connectivity index (χ4n) is 3.74. The molecule has 0 aromatic carbocycles. The molecule has 1 fully saturated rings. The van der Waals surface area contributed by atoms with E-state index >= 15 is 0 Å². The molecule has 1 N–H and O–H groups in total. The van der Waals surface area contributed by atoms with Crippen molar-refractivity contribution >= 4 is 0 Å². The lowest BCUT2D eigenvalue weighted by atomic mass is 9.76. The number of hydrogen-bond acceptors (Lipinski definition) is 1. The van der Waals surface area contributed by atoms with Gasteiger partial charge in [-0.05, 0) is 44.6 Å². The van der Waals surface area contributed by atoms with E-state index in [1.54, 1.807) is 0 Å². The first-order chi connectivity index (χ1) is 9.27. The summed E-state index contributed by atoms with van der Waals surface area (Å²) >= 11 is 0. The molecule has 0 aliphatic heterocycles. The van der Waals surface area contributed by atoms with Gasteiger partial charge in [0, 0.05) is 6.04 Å². The van der Waals surface area contributed by atoms with Crippen molar-refractivity contribution in [3.05, 3.63) is 0 Å². The molecule has 0 heterocycles. The second-order valence-electron chi connectivity index (χ2n) is 6.84. The van der Waals surface area contributed by atoms with Crippen molar-refractivity contribution in [1.29, 1.82) is 0 Å². The van der Waals surface area contributed by atoms with Crippen molar-refractivity contribution < 1.29 is 0 Å². The van der Waals surface area contributed by atoms with Crippen molar-refractivity contribution in [2.45, 2.75) is 96.9 Å². The molecule has 0 aromatic heterocycles. The quantitative estimate of drug-likeness (QED) is 0.512. The lowest BCUT2D eigenvalue weighted by Crippen LogP contribution is -2.38. The van der Waals surface area contributed by atoms with Crippen LogP contribution in [-0.2, 0) is 0 Å². The van der Waals surface area contributed by atoms with Crippen LogP contribution in [0.5, 0.6) is 0 Å². The zero-order valence-corrected chi connectivity index (χ0v) is 13.7. The zero-order valence-electron chi connectivity index (χ0n) is 13.7. The highest BCUT2D eigenvalue weighted by Crippen LogP contribution is 2.32. The van der Waals surface area contributed by atoms with Crippen LogP contribution in [0.2, 0.25) is 0 Å². The van der Waals surface area contributed by atoms with E-state index in [4.69, 9.17) is 0 Å². The van der Waals surface area contributed by atoms with E-state index in [1.165, 1.54) is 77.0 Å². The highest BCUT2D eigenvalue weighted by molar-refractivity contribution is 4.82. The Balaban J connectivity index is 2.00. The van der Waals surface area contributed by atoms with Crippen molar-refractivity contribution in [2.24, 2.45) is 11.8 Å². The van der Waals surface area contributed by atoms with Gasteiger partial charge in [-0.1, -0.05) is 65.2 Å². The third-order valence-electron chi connectivity index (χ3n) is 5.04. The normalized spacial score (nSPS) is 27.6.